The first kappa shape index (κ1) is 21.1. The van der Waals surface area contributed by atoms with E-state index in [1.54, 1.807) is 11.8 Å². The SMILES string of the molecule is CCSC(/C=C(/O)c1ccccc1)(NNc1ccccc1)c1cn(C)c2ccccc12. The van der Waals surface area contributed by atoms with Crippen molar-refractivity contribution in [2.75, 3.05) is 11.2 Å². The van der Waals surface area contributed by atoms with Gasteiger partial charge in [0.15, 0.2) is 0 Å². The smallest absolute Gasteiger partial charge is 0.131 e. The topological polar surface area (TPSA) is 49.2 Å². The molecular formula is C26H27N3OS. The van der Waals surface area contributed by atoms with Crippen molar-refractivity contribution in [2.45, 2.75) is 11.8 Å². The number of benzene rings is 3. The summed E-state index contributed by atoms with van der Waals surface area (Å²) in [4.78, 5) is -0.703. The summed E-state index contributed by atoms with van der Waals surface area (Å²) in [6.45, 7) is 2.13. The van der Waals surface area contributed by atoms with Gasteiger partial charge in [0.2, 0.25) is 0 Å². The molecule has 4 rings (SSSR count). The molecule has 1 unspecified atom stereocenters. The maximum Gasteiger partial charge on any atom is 0.131 e. The average Bonchev–Trinajstić information content (AvgIpc) is 3.16. The molecule has 0 radical (unpaired) electrons. The van der Waals surface area contributed by atoms with E-state index in [0.29, 0.717) is 0 Å². The molecule has 31 heavy (non-hydrogen) atoms. The first-order chi connectivity index (χ1) is 15.1. The molecule has 0 spiro atoms. The molecule has 1 atom stereocenters. The van der Waals surface area contributed by atoms with E-state index in [-0.39, 0.29) is 5.76 Å². The number of nitrogens with one attached hydrogen (secondary N) is 2. The predicted molar refractivity (Wildman–Crippen MR) is 133 cm³/mol. The van der Waals surface area contributed by atoms with E-state index in [9.17, 15) is 5.11 Å². The largest absolute Gasteiger partial charge is 0.508 e. The summed E-state index contributed by atoms with van der Waals surface area (Å²) in [7, 11) is 2.05. The van der Waals surface area contributed by atoms with Crippen LogP contribution in [0.2, 0.25) is 0 Å². The molecule has 0 aliphatic carbocycles. The lowest BCUT2D eigenvalue weighted by Gasteiger charge is -2.32. The number of hydrogen-bond acceptors (Lipinski definition) is 4. The van der Waals surface area contributed by atoms with E-state index in [1.165, 1.54) is 0 Å². The van der Waals surface area contributed by atoms with E-state index < -0.39 is 4.87 Å². The fraction of sp³-hybridized carbons (Fsp3) is 0.154. The lowest BCUT2D eigenvalue weighted by molar-refractivity contribution is 0.501. The predicted octanol–water partition coefficient (Wildman–Crippen LogP) is 6.30. The Balaban J connectivity index is 1.86. The molecule has 0 saturated heterocycles. The highest BCUT2D eigenvalue weighted by Gasteiger charge is 2.34. The van der Waals surface area contributed by atoms with Gasteiger partial charge in [-0.2, -0.15) is 0 Å². The number of hydrazine groups is 1. The van der Waals surface area contributed by atoms with Gasteiger partial charge in [-0.3, -0.25) is 0 Å². The molecule has 0 fully saturated rings. The van der Waals surface area contributed by atoms with Gasteiger partial charge in [0, 0.05) is 41.0 Å². The van der Waals surface area contributed by atoms with Gasteiger partial charge >= 0.3 is 0 Å². The van der Waals surface area contributed by atoms with Crippen molar-refractivity contribution in [2.24, 2.45) is 7.05 Å². The van der Waals surface area contributed by atoms with Crippen LogP contribution in [0.15, 0.2) is 97.2 Å². The van der Waals surface area contributed by atoms with Crippen LogP contribution in [0, 0.1) is 0 Å². The molecule has 0 bridgehead atoms. The number of hydrogen-bond donors (Lipinski definition) is 3. The molecule has 0 saturated carbocycles. The summed E-state index contributed by atoms with van der Waals surface area (Å²) in [6.07, 6.45) is 4.05. The third-order valence-electron chi connectivity index (χ3n) is 5.24. The van der Waals surface area contributed by atoms with Crippen molar-refractivity contribution in [1.29, 1.82) is 0 Å². The molecule has 4 nitrogen and oxygen atoms in total. The van der Waals surface area contributed by atoms with Crippen molar-refractivity contribution in [3.8, 4) is 0 Å². The monoisotopic (exact) mass is 429 g/mol. The number of fused-ring (bicyclic) bond motifs is 1. The Kier molecular flexibility index (Phi) is 6.35. The molecule has 158 valence electrons. The van der Waals surface area contributed by atoms with Crippen LogP contribution in [-0.2, 0) is 11.9 Å². The molecule has 1 aromatic heterocycles. The average molecular weight is 430 g/mol. The number of rotatable bonds is 8. The first-order valence-electron chi connectivity index (χ1n) is 10.4. The minimum absolute atomic E-state index is 0.233. The van der Waals surface area contributed by atoms with E-state index in [1.807, 2.05) is 72.8 Å². The second kappa shape index (κ2) is 9.33. The standard InChI is InChI=1S/C26H27N3OS/c1-3-31-26(28-27-21-14-8-5-9-15-21,18-25(30)20-12-6-4-7-13-20)23-19-29(2)24-17-11-10-16-22(23)24/h4-19,27-28,30H,3H2,1-2H3/b25-18+. The van der Waals surface area contributed by atoms with Crippen LogP contribution in [0.3, 0.4) is 0 Å². The van der Waals surface area contributed by atoms with Crippen LogP contribution in [0.5, 0.6) is 0 Å². The normalized spacial score (nSPS) is 13.8. The number of anilines is 1. The number of nitrogens with zero attached hydrogens (tertiary/aromatic N) is 1. The molecule has 0 aliphatic heterocycles. The third kappa shape index (κ3) is 4.48. The van der Waals surface area contributed by atoms with Gasteiger partial charge in [-0.05, 0) is 30.0 Å². The fourth-order valence-electron chi connectivity index (χ4n) is 3.77. The number of aromatic nitrogens is 1. The van der Waals surface area contributed by atoms with Gasteiger partial charge in [-0.1, -0.05) is 73.7 Å². The van der Waals surface area contributed by atoms with Gasteiger partial charge in [-0.25, -0.2) is 5.43 Å². The molecule has 1 heterocycles. The Morgan fingerprint density at radius 1 is 0.968 bits per heavy atom. The zero-order valence-electron chi connectivity index (χ0n) is 17.7. The van der Waals surface area contributed by atoms with Crippen molar-refractivity contribution in [3.63, 3.8) is 0 Å². The van der Waals surface area contributed by atoms with Gasteiger partial charge in [0.1, 0.15) is 10.6 Å². The van der Waals surface area contributed by atoms with Crippen LogP contribution in [0.4, 0.5) is 5.69 Å². The molecule has 5 heteroatoms. The van der Waals surface area contributed by atoms with Crippen LogP contribution in [0.1, 0.15) is 18.1 Å². The summed E-state index contributed by atoms with van der Waals surface area (Å²) in [5.41, 5.74) is 10.9. The summed E-state index contributed by atoms with van der Waals surface area (Å²) >= 11 is 1.72. The summed E-state index contributed by atoms with van der Waals surface area (Å²) in [6, 6.07) is 28.0. The third-order valence-corrected chi connectivity index (χ3v) is 6.43. The molecule has 4 aromatic rings. The Morgan fingerprint density at radius 3 is 2.32 bits per heavy atom. The second-order valence-corrected chi connectivity index (χ2v) is 8.86. The fourth-order valence-corrected chi connectivity index (χ4v) is 4.86. The van der Waals surface area contributed by atoms with Gasteiger partial charge in [-0.15, -0.1) is 11.8 Å². The quantitative estimate of drug-likeness (QED) is 0.175. The van der Waals surface area contributed by atoms with Crippen LogP contribution in [0.25, 0.3) is 16.7 Å². The van der Waals surface area contributed by atoms with E-state index in [4.69, 9.17) is 0 Å². The van der Waals surface area contributed by atoms with Crippen molar-refractivity contribution >= 4 is 34.1 Å². The van der Waals surface area contributed by atoms with E-state index in [2.05, 4.69) is 53.8 Å². The number of aryl methyl sites for hydroxylation is 1. The summed E-state index contributed by atoms with van der Waals surface area (Å²) in [5, 5.41) is 12.2. The highest BCUT2D eigenvalue weighted by Crippen LogP contribution is 2.41. The molecule has 3 aromatic carbocycles. The minimum Gasteiger partial charge on any atom is -0.508 e. The Morgan fingerprint density at radius 2 is 1.61 bits per heavy atom. The first-order valence-corrected chi connectivity index (χ1v) is 11.4. The lowest BCUT2D eigenvalue weighted by Crippen LogP contribution is -2.42. The maximum atomic E-state index is 11.1. The second-order valence-electron chi connectivity index (χ2n) is 7.35. The zero-order valence-corrected chi connectivity index (χ0v) is 18.6. The molecule has 3 N–H and O–H groups in total. The van der Waals surface area contributed by atoms with E-state index in [0.717, 1.165) is 33.5 Å². The van der Waals surface area contributed by atoms with Gasteiger partial charge in [0.25, 0.3) is 0 Å². The lowest BCUT2D eigenvalue weighted by atomic mass is 10.0. The maximum absolute atomic E-state index is 11.1. The number of thioether (sulfide) groups is 1. The molecular weight excluding hydrogens is 402 g/mol. The number of para-hydroxylation sites is 2. The van der Waals surface area contributed by atoms with Crippen molar-refractivity contribution in [3.05, 3.63) is 108 Å². The van der Waals surface area contributed by atoms with Crippen LogP contribution >= 0.6 is 11.8 Å². The van der Waals surface area contributed by atoms with Crippen LogP contribution in [-0.4, -0.2) is 15.4 Å². The summed E-state index contributed by atoms with van der Waals surface area (Å²) in [5.74, 6) is 1.09. The van der Waals surface area contributed by atoms with E-state index >= 15 is 0 Å². The number of aliphatic hydroxyl groups is 1. The molecule has 0 aliphatic rings. The van der Waals surface area contributed by atoms with Crippen LogP contribution < -0.4 is 10.9 Å². The van der Waals surface area contributed by atoms with Gasteiger partial charge < -0.3 is 15.1 Å². The van der Waals surface area contributed by atoms with Gasteiger partial charge in [0.05, 0.1) is 0 Å². The minimum atomic E-state index is -0.703. The number of aliphatic hydroxyl groups excluding tert-OH is 1. The molecule has 0 amide bonds. The highest BCUT2D eigenvalue weighted by molar-refractivity contribution is 8.00. The highest BCUT2D eigenvalue weighted by atomic mass is 32.2. The Labute approximate surface area is 187 Å². The Hall–Kier alpha value is -3.15. The van der Waals surface area contributed by atoms with Crippen molar-refractivity contribution < 1.29 is 5.11 Å². The zero-order chi connectivity index (χ0) is 21.7. The summed E-state index contributed by atoms with van der Waals surface area (Å²) < 4.78 is 2.13. The Bertz CT molecular complexity index is 1170. The van der Waals surface area contributed by atoms with Crippen molar-refractivity contribution in [1.82, 2.24) is 9.99 Å².